The van der Waals surface area contributed by atoms with Crippen LogP contribution in [-0.2, 0) is 32.0 Å². The SMILES string of the molecule is CC(=O)[C@@H](Cc1ccccc1)NC(=O)COC(=O)CCc1nc2ccccc2o1. The minimum Gasteiger partial charge on any atom is -0.456 e. The molecular weight excluding hydrogens is 372 g/mol. The number of amides is 1. The van der Waals surface area contributed by atoms with Crippen molar-refractivity contribution in [3.05, 3.63) is 66.1 Å². The molecule has 0 aliphatic heterocycles. The molecule has 29 heavy (non-hydrogen) atoms. The third-order valence-electron chi connectivity index (χ3n) is 4.35. The maximum Gasteiger partial charge on any atom is 0.306 e. The van der Waals surface area contributed by atoms with E-state index in [-0.39, 0.29) is 18.6 Å². The van der Waals surface area contributed by atoms with Crippen molar-refractivity contribution in [2.24, 2.45) is 0 Å². The Kier molecular flexibility index (Phi) is 6.73. The Morgan fingerprint density at radius 2 is 1.79 bits per heavy atom. The summed E-state index contributed by atoms with van der Waals surface area (Å²) in [4.78, 5) is 40.1. The zero-order valence-electron chi connectivity index (χ0n) is 16.1. The smallest absolute Gasteiger partial charge is 0.306 e. The average molecular weight is 394 g/mol. The monoisotopic (exact) mass is 394 g/mol. The molecule has 0 unspecified atom stereocenters. The number of oxazole rings is 1. The van der Waals surface area contributed by atoms with Crippen molar-refractivity contribution in [1.82, 2.24) is 10.3 Å². The maximum atomic E-state index is 12.1. The van der Waals surface area contributed by atoms with E-state index in [1.807, 2.05) is 48.5 Å². The molecule has 0 saturated heterocycles. The molecule has 3 aromatic rings. The minimum atomic E-state index is -0.664. The highest BCUT2D eigenvalue weighted by Crippen LogP contribution is 2.15. The number of carbonyl (C=O) groups excluding carboxylic acids is 3. The van der Waals surface area contributed by atoms with Gasteiger partial charge in [0.25, 0.3) is 5.91 Å². The molecule has 1 atom stereocenters. The van der Waals surface area contributed by atoms with Crippen molar-refractivity contribution in [3.63, 3.8) is 0 Å². The lowest BCUT2D eigenvalue weighted by atomic mass is 10.0. The molecule has 0 fully saturated rings. The first-order chi connectivity index (χ1) is 14.0. The van der Waals surface area contributed by atoms with Crippen LogP contribution in [-0.4, -0.2) is 35.3 Å². The second kappa shape index (κ2) is 9.64. The molecular formula is C22H22N2O5. The lowest BCUT2D eigenvalue weighted by Gasteiger charge is -2.16. The standard InChI is InChI=1S/C22H22N2O5/c1-15(25)18(13-16-7-3-2-4-8-16)23-20(26)14-28-22(27)12-11-21-24-17-9-5-6-10-19(17)29-21/h2-10,18H,11-14H2,1H3,(H,23,26)/t18-/m1/s1. The first-order valence-corrected chi connectivity index (χ1v) is 9.35. The van der Waals surface area contributed by atoms with Crippen molar-refractivity contribution in [1.29, 1.82) is 0 Å². The second-order valence-corrected chi connectivity index (χ2v) is 6.66. The number of aryl methyl sites for hydroxylation is 1. The molecule has 1 amide bonds. The number of carbonyl (C=O) groups is 3. The number of hydrogen-bond donors (Lipinski definition) is 1. The van der Waals surface area contributed by atoms with E-state index in [4.69, 9.17) is 9.15 Å². The summed E-state index contributed by atoms with van der Waals surface area (Å²) in [6.07, 6.45) is 0.701. The number of ketones is 1. The first-order valence-electron chi connectivity index (χ1n) is 9.35. The Bertz CT molecular complexity index is 964. The quantitative estimate of drug-likeness (QED) is 0.560. The van der Waals surface area contributed by atoms with Crippen LogP contribution in [0.25, 0.3) is 11.1 Å². The molecule has 0 saturated carbocycles. The summed E-state index contributed by atoms with van der Waals surface area (Å²) in [6.45, 7) is 0.977. The Labute approximate surface area is 168 Å². The van der Waals surface area contributed by atoms with E-state index in [0.717, 1.165) is 11.1 Å². The van der Waals surface area contributed by atoms with Gasteiger partial charge >= 0.3 is 5.97 Å². The number of esters is 1. The number of para-hydroxylation sites is 2. The summed E-state index contributed by atoms with van der Waals surface area (Å²) in [5.74, 6) is -0.780. The van der Waals surface area contributed by atoms with Gasteiger partial charge in [-0.15, -0.1) is 0 Å². The zero-order valence-corrected chi connectivity index (χ0v) is 16.1. The maximum absolute atomic E-state index is 12.1. The van der Waals surface area contributed by atoms with Crippen LogP contribution in [0.15, 0.2) is 59.0 Å². The number of rotatable bonds is 9. The number of hydrogen-bond acceptors (Lipinski definition) is 6. The molecule has 1 heterocycles. The van der Waals surface area contributed by atoms with Crippen molar-refractivity contribution >= 4 is 28.8 Å². The number of ether oxygens (including phenoxy) is 1. The van der Waals surface area contributed by atoms with E-state index in [0.29, 0.717) is 17.9 Å². The predicted molar refractivity (Wildman–Crippen MR) is 106 cm³/mol. The van der Waals surface area contributed by atoms with E-state index in [1.165, 1.54) is 6.92 Å². The van der Waals surface area contributed by atoms with Crippen LogP contribution in [0.5, 0.6) is 0 Å². The summed E-state index contributed by atoms with van der Waals surface area (Å²) in [5.41, 5.74) is 2.32. The fourth-order valence-electron chi connectivity index (χ4n) is 2.84. The predicted octanol–water partition coefficient (Wildman–Crippen LogP) is 2.62. The van der Waals surface area contributed by atoms with Crippen LogP contribution in [0.4, 0.5) is 0 Å². The van der Waals surface area contributed by atoms with Gasteiger partial charge in [-0.3, -0.25) is 14.4 Å². The largest absolute Gasteiger partial charge is 0.456 e. The summed E-state index contributed by atoms with van der Waals surface area (Å²) < 4.78 is 10.5. The van der Waals surface area contributed by atoms with E-state index >= 15 is 0 Å². The molecule has 1 N–H and O–H groups in total. The van der Waals surface area contributed by atoms with Gasteiger partial charge in [-0.05, 0) is 31.0 Å². The number of Topliss-reactive ketones (excluding diaryl/α,β-unsaturated/α-hetero) is 1. The summed E-state index contributed by atoms with van der Waals surface area (Å²) in [7, 11) is 0. The van der Waals surface area contributed by atoms with Crippen molar-refractivity contribution in [2.75, 3.05) is 6.61 Å². The third kappa shape index (κ3) is 6.00. The summed E-state index contributed by atoms with van der Waals surface area (Å²) in [5, 5.41) is 2.62. The minimum absolute atomic E-state index is 0.0419. The Hall–Kier alpha value is -3.48. The molecule has 3 rings (SSSR count). The average Bonchev–Trinajstić information content (AvgIpc) is 3.14. The highest BCUT2D eigenvalue weighted by Gasteiger charge is 2.18. The van der Waals surface area contributed by atoms with Crippen molar-refractivity contribution in [2.45, 2.75) is 32.2 Å². The number of aromatic nitrogens is 1. The fourth-order valence-corrected chi connectivity index (χ4v) is 2.84. The molecule has 1 aromatic heterocycles. The molecule has 7 heteroatoms. The summed E-state index contributed by atoms with van der Waals surface area (Å²) in [6, 6.07) is 16.0. The molecule has 7 nitrogen and oxygen atoms in total. The van der Waals surface area contributed by atoms with Gasteiger partial charge in [0.2, 0.25) is 0 Å². The number of nitrogens with zero attached hydrogens (tertiary/aromatic N) is 1. The highest BCUT2D eigenvalue weighted by atomic mass is 16.5. The van der Waals surface area contributed by atoms with Crippen LogP contribution in [0, 0.1) is 0 Å². The van der Waals surface area contributed by atoms with Gasteiger partial charge in [0, 0.05) is 6.42 Å². The Morgan fingerprint density at radius 1 is 1.07 bits per heavy atom. The van der Waals surface area contributed by atoms with Crippen LogP contribution < -0.4 is 5.32 Å². The molecule has 150 valence electrons. The molecule has 0 spiro atoms. The fraction of sp³-hybridized carbons (Fsp3) is 0.273. The van der Waals surface area contributed by atoms with E-state index in [9.17, 15) is 14.4 Å². The summed E-state index contributed by atoms with van der Waals surface area (Å²) >= 11 is 0. The highest BCUT2D eigenvalue weighted by molar-refractivity contribution is 5.88. The van der Waals surface area contributed by atoms with Gasteiger partial charge in [0.15, 0.2) is 23.9 Å². The lowest BCUT2D eigenvalue weighted by Crippen LogP contribution is -2.43. The van der Waals surface area contributed by atoms with E-state index < -0.39 is 24.5 Å². The third-order valence-corrected chi connectivity index (χ3v) is 4.35. The molecule has 0 radical (unpaired) electrons. The molecule has 2 aromatic carbocycles. The number of nitrogens with one attached hydrogen (secondary N) is 1. The van der Waals surface area contributed by atoms with Crippen LogP contribution in [0.2, 0.25) is 0 Å². The van der Waals surface area contributed by atoms with Gasteiger partial charge in [0.1, 0.15) is 5.52 Å². The van der Waals surface area contributed by atoms with Gasteiger partial charge in [-0.25, -0.2) is 4.98 Å². The van der Waals surface area contributed by atoms with E-state index in [1.54, 1.807) is 6.07 Å². The zero-order chi connectivity index (χ0) is 20.6. The Balaban J connectivity index is 1.43. The van der Waals surface area contributed by atoms with Crippen molar-refractivity contribution in [3.8, 4) is 0 Å². The van der Waals surface area contributed by atoms with Gasteiger partial charge < -0.3 is 14.5 Å². The normalized spacial score (nSPS) is 11.8. The molecule has 0 aliphatic rings. The first kappa shape index (κ1) is 20.3. The second-order valence-electron chi connectivity index (χ2n) is 6.66. The van der Waals surface area contributed by atoms with Gasteiger partial charge in [0.05, 0.1) is 12.5 Å². The lowest BCUT2D eigenvalue weighted by molar-refractivity contribution is -0.148. The number of benzene rings is 2. The molecule has 0 bridgehead atoms. The van der Waals surface area contributed by atoms with Gasteiger partial charge in [-0.2, -0.15) is 0 Å². The topological polar surface area (TPSA) is 98.5 Å². The Morgan fingerprint density at radius 3 is 2.52 bits per heavy atom. The van der Waals surface area contributed by atoms with Crippen LogP contribution in [0.3, 0.4) is 0 Å². The van der Waals surface area contributed by atoms with E-state index in [2.05, 4.69) is 10.3 Å². The number of fused-ring (bicyclic) bond motifs is 1. The molecule has 0 aliphatic carbocycles. The van der Waals surface area contributed by atoms with Crippen molar-refractivity contribution < 1.29 is 23.5 Å². The van der Waals surface area contributed by atoms with Gasteiger partial charge in [-0.1, -0.05) is 42.5 Å². The van der Waals surface area contributed by atoms with Crippen LogP contribution in [0.1, 0.15) is 24.8 Å². The van der Waals surface area contributed by atoms with Crippen LogP contribution >= 0.6 is 0 Å².